The zero-order chi connectivity index (χ0) is 15.6. The summed E-state index contributed by atoms with van der Waals surface area (Å²) in [6, 6.07) is 7.96. The monoisotopic (exact) mass is 416 g/mol. The lowest BCUT2D eigenvalue weighted by atomic mass is 10.1. The summed E-state index contributed by atoms with van der Waals surface area (Å²) in [5.41, 5.74) is 1.95. The fourth-order valence-electron chi connectivity index (χ4n) is 1.84. The van der Waals surface area contributed by atoms with Crippen molar-refractivity contribution in [3.63, 3.8) is 0 Å². The second-order valence-electron chi connectivity index (χ2n) is 4.48. The fraction of sp³-hybridized carbons (Fsp3) is 0.143. The maximum Gasteiger partial charge on any atom is 0.274 e. The Bertz CT molecular complexity index is 708. The number of nitrogens with one attached hydrogen (secondary N) is 1. The van der Waals surface area contributed by atoms with Crippen LogP contribution in [0.1, 0.15) is 11.1 Å². The SMILES string of the molecule is Cc1cc(Br)c(NCc2ccc(Br)c(F)c2)cc1[N+](=O)[O-]. The van der Waals surface area contributed by atoms with Gasteiger partial charge in [0.1, 0.15) is 5.82 Å². The molecule has 2 aromatic rings. The molecule has 0 fully saturated rings. The molecule has 1 N–H and O–H groups in total. The first kappa shape index (κ1) is 15.9. The second-order valence-corrected chi connectivity index (χ2v) is 6.19. The van der Waals surface area contributed by atoms with Crippen LogP contribution in [-0.4, -0.2) is 4.92 Å². The van der Waals surface area contributed by atoms with Gasteiger partial charge in [-0.2, -0.15) is 0 Å². The summed E-state index contributed by atoms with van der Waals surface area (Å²) in [6.07, 6.45) is 0. The number of anilines is 1. The molecule has 0 unspecified atom stereocenters. The maximum absolute atomic E-state index is 13.4. The number of halogens is 3. The third-order valence-electron chi connectivity index (χ3n) is 2.95. The first-order valence-electron chi connectivity index (χ1n) is 6.01. The summed E-state index contributed by atoms with van der Waals surface area (Å²) in [5.74, 6) is -0.344. The lowest BCUT2D eigenvalue weighted by Crippen LogP contribution is -2.02. The number of benzene rings is 2. The number of hydrogen-bond acceptors (Lipinski definition) is 3. The van der Waals surface area contributed by atoms with Crippen molar-refractivity contribution in [2.75, 3.05) is 5.32 Å². The van der Waals surface area contributed by atoms with E-state index in [0.717, 1.165) is 10.0 Å². The lowest BCUT2D eigenvalue weighted by Gasteiger charge is -2.10. The topological polar surface area (TPSA) is 55.2 Å². The van der Waals surface area contributed by atoms with E-state index in [1.807, 2.05) is 0 Å². The van der Waals surface area contributed by atoms with Crippen LogP contribution in [0, 0.1) is 22.9 Å². The molecule has 21 heavy (non-hydrogen) atoms. The van der Waals surface area contributed by atoms with Crippen LogP contribution in [0.4, 0.5) is 15.8 Å². The first-order valence-corrected chi connectivity index (χ1v) is 7.59. The van der Waals surface area contributed by atoms with Crippen molar-refractivity contribution >= 4 is 43.2 Å². The van der Waals surface area contributed by atoms with Crippen molar-refractivity contribution in [2.45, 2.75) is 13.5 Å². The van der Waals surface area contributed by atoms with Crippen molar-refractivity contribution in [1.82, 2.24) is 0 Å². The van der Waals surface area contributed by atoms with Crippen LogP contribution in [0.3, 0.4) is 0 Å². The van der Waals surface area contributed by atoms with Crippen LogP contribution in [-0.2, 0) is 6.54 Å². The van der Waals surface area contributed by atoms with Crippen LogP contribution >= 0.6 is 31.9 Å². The number of aryl methyl sites for hydroxylation is 1. The van der Waals surface area contributed by atoms with Crippen molar-refractivity contribution in [2.24, 2.45) is 0 Å². The Morgan fingerprint density at radius 2 is 1.95 bits per heavy atom. The Kier molecular flexibility index (Phi) is 4.95. The zero-order valence-electron chi connectivity index (χ0n) is 11.0. The van der Waals surface area contributed by atoms with Gasteiger partial charge in [-0.3, -0.25) is 10.1 Å². The van der Waals surface area contributed by atoms with Gasteiger partial charge in [-0.15, -0.1) is 0 Å². The summed E-state index contributed by atoms with van der Waals surface area (Å²) in [4.78, 5) is 10.5. The highest BCUT2D eigenvalue weighted by Gasteiger charge is 2.14. The average Bonchev–Trinajstić information content (AvgIpc) is 2.41. The minimum absolute atomic E-state index is 0.0442. The molecule has 0 radical (unpaired) electrons. The van der Waals surface area contributed by atoms with Crippen LogP contribution < -0.4 is 5.32 Å². The Balaban J connectivity index is 2.21. The minimum Gasteiger partial charge on any atom is -0.380 e. The zero-order valence-corrected chi connectivity index (χ0v) is 14.2. The third-order valence-corrected chi connectivity index (χ3v) is 4.25. The highest BCUT2D eigenvalue weighted by atomic mass is 79.9. The van der Waals surface area contributed by atoms with Crippen LogP contribution in [0.15, 0.2) is 39.3 Å². The quantitative estimate of drug-likeness (QED) is 0.550. The van der Waals surface area contributed by atoms with Crippen molar-refractivity contribution in [1.29, 1.82) is 0 Å². The van der Waals surface area contributed by atoms with E-state index < -0.39 is 4.92 Å². The largest absolute Gasteiger partial charge is 0.380 e. The van der Waals surface area contributed by atoms with E-state index in [0.29, 0.717) is 22.3 Å². The number of nitro benzene ring substituents is 1. The molecule has 0 aliphatic heterocycles. The first-order chi connectivity index (χ1) is 9.88. The maximum atomic E-state index is 13.4. The number of hydrogen-bond donors (Lipinski definition) is 1. The normalized spacial score (nSPS) is 10.5. The summed E-state index contributed by atoms with van der Waals surface area (Å²) >= 11 is 6.46. The van der Waals surface area contributed by atoms with Crippen LogP contribution in [0.25, 0.3) is 0 Å². The van der Waals surface area contributed by atoms with E-state index in [1.54, 1.807) is 25.1 Å². The Morgan fingerprint density at radius 3 is 2.57 bits per heavy atom. The molecule has 2 aromatic carbocycles. The molecule has 0 saturated heterocycles. The summed E-state index contributed by atoms with van der Waals surface area (Å²) in [5, 5.41) is 14.0. The molecular formula is C14H11Br2FN2O2. The van der Waals surface area contributed by atoms with Gasteiger partial charge in [0.25, 0.3) is 5.69 Å². The molecule has 0 heterocycles. The van der Waals surface area contributed by atoms with Crippen molar-refractivity contribution in [3.8, 4) is 0 Å². The molecule has 0 atom stereocenters. The van der Waals surface area contributed by atoms with Gasteiger partial charge in [0, 0.05) is 22.6 Å². The van der Waals surface area contributed by atoms with Crippen LogP contribution in [0.5, 0.6) is 0 Å². The Labute approximate surface area is 137 Å². The molecular weight excluding hydrogens is 407 g/mol. The van der Waals surface area contributed by atoms with E-state index >= 15 is 0 Å². The third kappa shape index (κ3) is 3.79. The van der Waals surface area contributed by atoms with E-state index in [2.05, 4.69) is 37.2 Å². The number of rotatable bonds is 4. The summed E-state index contributed by atoms with van der Waals surface area (Å²) in [7, 11) is 0. The molecule has 0 aliphatic rings. The van der Waals surface area contributed by atoms with Gasteiger partial charge in [-0.1, -0.05) is 6.07 Å². The number of nitro groups is 1. The van der Waals surface area contributed by atoms with E-state index in [1.165, 1.54) is 12.1 Å². The average molecular weight is 418 g/mol. The molecule has 4 nitrogen and oxygen atoms in total. The molecule has 0 bridgehead atoms. The minimum atomic E-state index is -0.424. The number of nitrogens with zero attached hydrogens (tertiary/aromatic N) is 1. The van der Waals surface area contributed by atoms with Gasteiger partial charge >= 0.3 is 0 Å². The van der Waals surface area contributed by atoms with Gasteiger partial charge in [-0.05, 0) is 62.5 Å². The van der Waals surface area contributed by atoms with Gasteiger partial charge in [-0.25, -0.2) is 4.39 Å². The highest BCUT2D eigenvalue weighted by molar-refractivity contribution is 9.10. The lowest BCUT2D eigenvalue weighted by molar-refractivity contribution is -0.385. The Hall–Kier alpha value is -1.47. The molecule has 0 aliphatic carbocycles. The second kappa shape index (κ2) is 6.53. The van der Waals surface area contributed by atoms with Gasteiger partial charge in [0.05, 0.1) is 15.1 Å². The van der Waals surface area contributed by atoms with Gasteiger partial charge < -0.3 is 5.32 Å². The smallest absolute Gasteiger partial charge is 0.274 e. The summed E-state index contributed by atoms with van der Waals surface area (Å²) < 4.78 is 14.6. The molecule has 0 amide bonds. The molecule has 0 spiro atoms. The molecule has 2 rings (SSSR count). The van der Waals surface area contributed by atoms with E-state index in [-0.39, 0.29) is 11.5 Å². The molecule has 110 valence electrons. The van der Waals surface area contributed by atoms with E-state index in [4.69, 9.17) is 0 Å². The molecule has 0 aromatic heterocycles. The summed E-state index contributed by atoms with van der Waals surface area (Å²) in [6.45, 7) is 2.04. The van der Waals surface area contributed by atoms with Crippen molar-refractivity contribution in [3.05, 3.63) is 66.3 Å². The molecule has 0 saturated carbocycles. The highest BCUT2D eigenvalue weighted by Crippen LogP contribution is 2.31. The predicted octanol–water partition coefficient (Wildman–Crippen LogP) is 5.18. The van der Waals surface area contributed by atoms with E-state index in [9.17, 15) is 14.5 Å². The molecule has 7 heteroatoms. The van der Waals surface area contributed by atoms with Crippen LogP contribution in [0.2, 0.25) is 0 Å². The Morgan fingerprint density at radius 1 is 1.24 bits per heavy atom. The van der Waals surface area contributed by atoms with Crippen molar-refractivity contribution < 1.29 is 9.31 Å². The van der Waals surface area contributed by atoms with Gasteiger partial charge in [0.2, 0.25) is 0 Å². The standard InChI is InChI=1S/C14H11Br2FN2O2/c1-8-4-11(16)13(6-14(8)19(20)21)18-7-9-2-3-10(15)12(17)5-9/h2-6,18H,7H2,1H3. The fourth-order valence-corrected chi connectivity index (χ4v) is 2.68. The predicted molar refractivity (Wildman–Crippen MR) is 87.0 cm³/mol. The van der Waals surface area contributed by atoms with Gasteiger partial charge in [0.15, 0.2) is 0 Å².